The molecule has 0 saturated heterocycles. The van der Waals surface area contributed by atoms with Gasteiger partial charge in [0.05, 0.1) is 17.0 Å². The average Bonchev–Trinajstić information content (AvgIpc) is 2.85. The van der Waals surface area contributed by atoms with Crippen molar-refractivity contribution >= 4 is 46.4 Å². The lowest BCUT2D eigenvalue weighted by atomic mass is 10.2. The number of rotatable bonds is 9. The lowest BCUT2D eigenvalue weighted by molar-refractivity contribution is -0.384. The van der Waals surface area contributed by atoms with E-state index in [0.717, 1.165) is 18.5 Å². The van der Waals surface area contributed by atoms with E-state index in [2.05, 4.69) is 31.7 Å². The third kappa shape index (κ3) is 5.85. The molecular formula is C19H15ClN8O7. The number of carbonyl (C=O) groups excluding carboxylic acids is 2. The van der Waals surface area contributed by atoms with Gasteiger partial charge >= 0.3 is 5.69 Å². The molecule has 16 heteroatoms. The lowest BCUT2D eigenvalue weighted by Gasteiger charge is -2.12. The molecule has 4 N–H and O–H groups in total. The summed E-state index contributed by atoms with van der Waals surface area (Å²) in [6, 6.07) is 9.40. The molecule has 3 rings (SSSR count). The standard InChI is InChI=1S/C19H15ClN8O7/c1-35-12-5-2-10(3-6-12)18(29)25-23-16-15(28(33)34)17(22-9-21-16)24-26-19(30)11-4-7-13(20)14(8-11)27(31)32/h2-9H,1H3,(H,25,29)(H,26,30)(H2,21,22,23,24). The molecule has 0 fully saturated rings. The van der Waals surface area contributed by atoms with E-state index in [1.807, 2.05) is 0 Å². The van der Waals surface area contributed by atoms with Crippen LogP contribution in [0.3, 0.4) is 0 Å². The highest BCUT2D eigenvalue weighted by Crippen LogP contribution is 2.28. The SMILES string of the molecule is COc1ccc(C(=O)NNc2ncnc(NNC(=O)c3ccc(Cl)c([N+](=O)[O-])c3)c2[N+](=O)[O-])cc1. The van der Waals surface area contributed by atoms with Gasteiger partial charge in [-0.3, -0.25) is 51.5 Å². The smallest absolute Gasteiger partial charge is 0.356 e. The van der Waals surface area contributed by atoms with Crippen LogP contribution in [0.1, 0.15) is 20.7 Å². The van der Waals surface area contributed by atoms with Gasteiger partial charge < -0.3 is 4.74 Å². The van der Waals surface area contributed by atoms with Crippen molar-refractivity contribution in [1.82, 2.24) is 20.8 Å². The Morgan fingerprint density at radius 3 is 1.94 bits per heavy atom. The number of nitrogens with zero attached hydrogens (tertiary/aromatic N) is 4. The number of benzene rings is 2. The van der Waals surface area contributed by atoms with Gasteiger partial charge in [-0.15, -0.1) is 0 Å². The Balaban J connectivity index is 1.73. The van der Waals surface area contributed by atoms with Crippen molar-refractivity contribution < 1.29 is 24.2 Å². The van der Waals surface area contributed by atoms with E-state index in [0.29, 0.717) is 5.75 Å². The molecule has 0 spiro atoms. The Hall–Kier alpha value is -5.05. The molecule has 0 aliphatic heterocycles. The van der Waals surface area contributed by atoms with E-state index in [-0.39, 0.29) is 22.0 Å². The molecular weight excluding hydrogens is 488 g/mol. The Kier molecular flexibility index (Phi) is 7.53. The van der Waals surface area contributed by atoms with Crippen LogP contribution in [0.4, 0.5) is 23.0 Å². The lowest BCUT2D eigenvalue weighted by Crippen LogP contribution is -2.32. The number of nitro groups is 2. The van der Waals surface area contributed by atoms with Crippen molar-refractivity contribution in [2.24, 2.45) is 0 Å². The van der Waals surface area contributed by atoms with Crippen LogP contribution in [0.5, 0.6) is 5.75 Å². The first-order valence-corrected chi connectivity index (χ1v) is 9.79. The number of hydrogen-bond donors (Lipinski definition) is 4. The maximum Gasteiger partial charge on any atom is 0.356 e. The number of nitrogens with one attached hydrogen (secondary N) is 4. The highest BCUT2D eigenvalue weighted by atomic mass is 35.5. The first-order valence-electron chi connectivity index (χ1n) is 9.41. The molecule has 1 heterocycles. The molecule has 0 aliphatic carbocycles. The highest BCUT2D eigenvalue weighted by Gasteiger charge is 2.24. The van der Waals surface area contributed by atoms with Gasteiger partial charge in [-0.2, -0.15) is 0 Å². The summed E-state index contributed by atoms with van der Waals surface area (Å²) in [5.41, 5.74) is 7.92. The monoisotopic (exact) mass is 502 g/mol. The number of hydrazine groups is 2. The molecule has 3 aromatic rings. The zero-order chi connectivity index (χ0) is 25.5. The number of ether oxygens (including phenoxy) is 1. The quantitative estimate of drug-likeness (QED) is 0.247. The third-order valence-electron chi connectivity index (χ3n) is 4.35. The van der Waals surface area contributed by atoms with Crippen molar-refractivity contribution in [2.45, 2.75) is 0 Å². The van der Waals surface area contributed by atoms with E-state index in [1.165, 1.54) is 25.3 Å². The van der Waals surface area contributed by atoms with E-state index < -0.39 is 38.9 Å². The second-order valence-corrected chi connectivity index (χ2v) is 6.89. The van der Waals surface area contributed by atoms with Gasteiger partial charge in [0.2, 0.25) is 11.6 Å². The van der Waals surface area contributed by atoms with Crippen LogP contribution in [0.25, 0.3) is 0 Å². The highest BCUT2D eigenvalue weighted by molar-refractivity contribution is 6.32. The van der Waals surface area contributed by atoms with E-state index in [1.54, 1.807) is 12.1 Å². The molecule has 0 radical (unpaired) electrons. The Labute approximate surface area is 200 Å². The molecule has 180 valence electrons. The van der Waals surface area contributed by atoms with E-state index in [4.69, 9.17) is 16.3 Å². The van der Waals surface area contributed by atoms with Crippen LogP contribution in [0.2, 0.25) is 5.02 Å². The molecule has 15 nitrogen and oxygen atoms in total. The minimum Gasteiger partial charge on any atom is -0.497 e. The number of amides is 2. The summed E-state index contributed by atoms with van der Waals surface area (Å²) in [4.78, 5) is 53.1. The minimum absolute atomic E-state index is 0.143. The molecule has 1 aromatic heterocycles. The van der Waals surface area contributed by atoms with Gasteiger partial charge in [-0.05, 0) is 36.4 Å². The molecule has 0 bridgehead atoms. The molecule has 0 atom stereocenters. The van der Waals surface area contributed by atoms with Gasteiger partial charge in [0.15, 0.2) is 0 Å². The summed E-state index contributed by atoms with van der Waals surface area (Å²) >= 11 is 5.72. The van der Waals surface area contributed by atoms with Crippen molar-refractivity contribution in [3.05, 3.63) is 85.2 Å². The zero-order valence-electron chi connectivity index (χ0n) is 17.6. The second-order valence-electron chi connectivity index (χ2n) is 6.49. The normalized spacial score (nSPS) is 10.1. The zero-order valence-corrected chi connectivity index (χ0v) is 18.4. The third-order valence-corrected chi connectivity index (χ3v) is 4.67. The molecule has 35 heavy (non-hydrogen) atoms. The summed E-state index contributed by atoms with van der Waals surface area (Å²) in [5, 5.41) is 22.4. The number of carbonyl (C=O) groups is 2. The number of anilines is 2. The van der Waals surface area contributed by atoms with Crippen LogP contribution in [0, 0.1) is 20.2 Å². The molecule has 0 saturated carbocycles. The summed E-state index contributed by atoms with van der Waals surface area (Å²) in [6.07, 6.45) is 0.941. The first kappa shape index (κ1) is 24.6. The van der Waals surface area contributed by atoms with Crippen molar-refractivity contribution in [2.75, 3.05) is 18.0 Å². The first-order chi connectivity index (χ1) is 16.7. The second kappa shape index (κ2) is 10.7. The number of aromatic nitrogens is 2. The topological polar surface area (TPSA) is 204 Å². The molecule has 2 aromatic carbocycles. The van der Waals surface area contributed by atoms with Gasteiger partial charge in [-0.1, -0.05) is 11.6 Å². The summed E-state index contributed by atoms with van der Waals surface area (Å²) in [5.74, 6) is -1.76. The van der Waals surface area contributed by atoms with E-state index in [9.17, 15) is 29.8 Å². The van der Waals surface area contributed by atoms with Crippen molar-refractivity contribution in [3.63, 3.8) is 0 Å². The maximum atomic E-state index is 12.4. The fraction of sp³-hybridized carbons (Fsp3) is 0.0526. The fourth-order valence-electron chi connectivity index (χ4n) is 2.65. The predicted molar refractivity (Wildman–Crippen MR) is 122 cm³/mol. The Morgan fingerprint density at radius 2 is 1.43 bits per heavy atom. The fourth-order valence-corrected chi connectivity index (χ4v) is 2.83. The number of halogens is 1. The number of methoxy groups -OCH3 is 1. The van der Waals surface area contributed by atoms with Gasteiger partial charge in [-0.25, -0.2) is 9.97 Å². The Bertz CT molecular complexity index is 1300. The summed E-state index contributed by atoms with van der Waals surface area (Å²) < 4.78 is 5.01. The molecule has 2 amide bonds. The van der Waals surface area contributed by atoms with Gasteiger partial charge in [0.1, 0.15) is 17.1 Å². The predicted octanol–water partition coefficient (Wildman–Crippen LogP) is 2.47. The largest absolute Gasteiger partial charge is 0.497 e. The minimum atomic E-state index is -0.861. The molecule has 0 unspecified atom stereocenters. The van der Waals surface area contributed by atoms with Gasteiger partial charge in [0, 0.05) is 17.2 Å². The van der Waals surface area contributed by atoms with Gasteiger partial charge in [0.25, 0.3) is 17.5 Å². The number of hydrogen-bond acceptors (Lipinski definition) is 11. The van der Waals surface area contributed by atoms with Crippen LogP contribution >= 0.6 is 11.6 Å². The summed E-state index contributed by atoms with van der Waals surface area (Å²) in [7, 11) is 1.47. The van der Waals surface area contributed by atoms with Crippen molar-refractivity contribution in [3.8, 4) is 5.75 Å². The Morgan fingerprint density at radius 1 is 0.886 bits per heavy atom. The van der Waals surface area contributed by atoms with Crippen molar-refractivity contribution in [1.29, 1.82) is 0 Å². The summed E-state index contributed by atoms with van der Waals surface area (Å²) in [6.45, 7) is 0. The number of nitro benzene ring substituents is 1. The van der Waals surface area contributed by atoms with E-state index >= 15 is 0 Å². The average molecular weight is 503 g/mol. The van der Waals surface area contributed by atoms with Crippen LogP contribution in [-0.4, -0.2) is 38.7 Å². The maximum absolute atomic E-state index is 12.4. The van der Waals surface area contributed by atoms with Crippen LogP contribution < -0.4 is 26.4 Å². The van der Waals surface area contributed by atoms with Crippen LogP contribution in [0.15, 0.2) is 48.8 Å². The van der Waals surface area contributed by atoms with Crippen LogP contribution in [-0.2, 0) is 0 Å². The molecule has 0 aliphatic rings.